The van der Waals surface area contributed by atoms with Crippen LogP contribution in [0.15, 0.2) is 72.2 Å². The van der Waals surface area contributed by atoms with E-state index in [0.29, 0.717) is 24.2 Å². The maximum atomic E-state index is 14.5. The Morgan fingerprint density at radius 3 is 2.37 bits per heavy atom. The molecule has 184 valence electrons. The number of nitrogen functional groups attached to an aromatic ring is 1. The monoisotopic (exact) mass is 488 g/mol. The van der Waals surface area contributed by atoms with E-state index in [-0.39, 0.29) is 34.9 Å². The summed E-state index contributed by atoms with van der Waals surface area (Å²) in [5.41, 5.74) is 6.21. The van der Waals surface area contributed by atoms with E-state index in [1.165, 1.54) is 18.2 Å². The Bertz CT molecular complexity index is 1230. The van der Waals surface area contributed by atoms with Crippen LogP contribution in [0.3, 0.4) is 0 Å². The van der Waals surface area contributed by atoms with Crippen molar-refractivity contribution in [1.82, 2.24) is 5.32 Å². The molecule has 0 amide bonds. The molecular formula is C26H25F5N4. The fourth-order valence-electron chi connectivity index (χ4n) is 3.46. The summed E-state index contributed by atoms with van der Waals surface area (Å²) >= 11 is 0. The zero-order valence-corrected chi connectivity index (χ0v) is 19.0. The van der Waals surface area contributed by atoms with Gasteiger partial charge in [0.1, 0.15) is 17.5 Å². The molecule has 0 aliphatic carbocycles. The second-order valence-electron chi connectivity index (χ2n) is 7.75. The molecule has 0 atom stereocenters. The van der Waals surface area contributed by atoms with Gasteiger partial charge in [0.25, 0.3) is 0 Å². The number of alkyl halides is 3. The Labute approximate surface area is 200 Å². The summed E-state index contributed by atoms with van der Waals surface area (Å²) in [6.07, 6.45) is -3.85. The smallest absolute Gasteiger partial charge is 0.398 e. The van der Waals surface area contributed by atoms with E-state index >= 15 is 0 Å². The van der Waals surface area contributed by atoms with Crippen molar-refractivity contribution in [1.29, 1.82) is 0 Å². The van der Waals surface area contributed by atoms with Gasteiger partial charge in [-0.2, -0.15) is 13.2 Å². The highest BCUT2D eigenvalue weighted by molar-refractivity contribution is 6.07. The fraction of sp³-hybridized carbons (Fsp3) is 0.192. The van der Waals surface area contributed by atoms with Gasteiger partial charge >= 0.3 is 6.18 Å². The van der Waals surface area contributed by atoms with Crippen LogP contribution < -0.4 is 16.4 Å². The van der Waals surface area contributed by atoms with Crippen LogP contribution in [0.4, 0.5) is 33.3 Å². The van der Waals surface area contributed by atoms with Gasteiger partial charge in [0.05, 0.1) is 17.8 Å². The quantitative estimate of drug-likeness (QED) is 0.145. The lowest BCUT2D eigenvalue weighted by molar-refractivity contribution is -0.138. The first-order valence-corrected chi connectivity index (χ1v) is 10.9. The van der Waals surface area contributed by atoms with Crippen LogP contribution >= 0.6 is 0 Å². The predicted molar refractivity (Wildman–Crippen MR) is 130 cm³/mol. The van der Waals surface area contributed by atoms with Gasteiger partial charge in [0, 0.05) is 35.1 Å². The average molecular weight is 489 g/mol. The summed E-state index contributed by atoms with van der Waals surface area (Å²) in [6.45, 7) is 5.90. The number of rotatable bonds is 8. The minimum atomic E-state index is -4.55. The molecule has 0 aromatic heterocycles. The summed E-state index contributed by atoms with van der Waals surface area (Å²) < 4.78 is 68.9. The number of hydrogen-bond acceptors (Lipinski definition) is 3. The van der Waals surface area contributed by atoms with Crippen molar-refractivity contribution in [2.24, 2.45) is 4.99 Å². The van der Waals surface area contributed by atoms with E-state index in [1.54, 1.807) is 24.3 Å². The zero-order chi connectivity index (χ0) is 25.6. The molecule has 0 saturated carbocycles. The highest BCUT2D eigenvalue weighted by atomic mass is 19.4. The third kappa shape index (κ3) is 6.38. The molecule has 35 heavy (non-hydrogen) atoms. The number of amidine groups is 1. The number of nitrogens with one attached hydrogen (secondary N) is 2. The van der Waals surface area contributed by atoms with Crippen molar-refractivity contribution < 1.29 is 22.0 Å². The summed E-state index contributed by atoms with van der Waals surface area (Å²) in [4.78, 5) is 4.36. The first kappa shape index (κ1) is 25.7. The summed E-state index contributed by atoms with van der Waals surface area (Å²) in [5.74, 6) is -1.50. The van der Waals surface area contributed by atoms with Gasteiger partial charge in [-0.3, -0.25) is 4.99 Å². The Morgan fingerprint density at radius 1 is 1.00 bits per heavy atom. The molecule has 4 N–H and O–H groups in total. The highest BCUT2D eigenvalue weighted by Gasteiger charge is 2.32. The summed E-state index contributed by atoms with van der Waals surface area (Å²) in [6, 6.07) is 13.6. The lowest BCUT2D eigenvalue weighted by Crippen LogP contribution is -2.25. The standard InChI is InChI=1S/C26H25F5N4/c1-3-12-33-24-20(13-18(27)14-22(24)28)16(2)35-25(19-9-5-7-11-23(19)32)34-15-17-8-4-6-10-21(17)26(29,30)31/h4-11,13-14,33H,2-3,12,15,32H2,1H3,(H,34,35). The molecule has 0 spiro atoms. The van der Waals surface area contributed by atoms with E-state index in [0.717, 1.165) is 18.2 Å². The molecule has 0 aliphatic rings. The highest BCUT2D eigenvalue weighted by Crippen LogP contribution is 2.32. The van der Waals surface area contributed by atoms with Crippen LogP contribution in [0.25, 0.3) is 5.70 Å². The van der Waals surface area contributed by atoms with Crippen molar-refractivity contribution >= 4 is 22.9 Å². The second kappa shape index (κ2) is 11.0. The number of hydrogen-bond donors (Lipinski definition) is 3. The van der Waals surface area contributed by atoms with Gasteiger partial charge in [-0.05, 0) is 36.2 Å². The molecule has 3 rings (SSSR count). The van der Waals surface area contributed by atoms with Crippen LogP contribution in [0.2, 0.25) is 0 Å². The van der Waals surface area contributed by atoms with Crippen molar-refractivity contribution in [3.63, 3.8) is 0 Å². The second-order valence-corrected chi connectivity index (χ2v) is 7.75. The molecule has 0 aliphatic heterocycles. The van der Waals surface area contributed by atoms with Gasteiger partial charge in [0.2, 0.25) is 0 Å². The van der Waals surface area contributed by atoms with E-state index in [1.807, 2.05) is 6.92 Å². The van der Waals surface area contributed by atoms with Crippen LogP contribution in [-0.2, 0) is 12.7 Å². The molecule has 0 radical (unpaired) electrons. The lowest BCUT2D eigenvalue weighted by atomic mass is 10.1. The SMILES string of the molecule is C=C(NC(=NCc1ccccc1C(F)(F)F)c1ccccc1N)c1cc(F)cc(F)c1NCCC. The summed E-state index contributed by atoms with van der Waals surface area (Å²) in [7, 11) is 0. The maximum absolute atomic E-state index is 14.5. The maximum Gasteiger partial charge on any atom is 0.416 e. The zero-order valence-electron chi connectivity index (χ0n) is 19.0. The number of para-hydroxylation sites is 1. The molecule has 4 nitrogen and oxygen atoms in total. The van der Waals surface area contributed by atoms with Crippen LogP contribution in [0.1, 0.15) is 35.6 Å². The van der Waals surface area contributed by atoms with Crippen LogP contribution in [0.5, 0.6) is 0 Å². The van der Waals surface area contributed by atoms with E-state index in [4.69, 9.17) is 5.73 Å². The Balaban J connectivity index is 2.02. The van der Waals surface area contributed by atoms with Gasteiger partial charge in [-0.15, -0.1) is 0 Å². The molecule has 0 bridgehead atoms. The molecule has 3 aromatic carbocycles. The normalized spacial score (nSPS) is 11.9. The summed E-state index contributed by atoms with van der Waals surface area (Å²) in [5, 5.41) is 5.82. The lowest BCUT2D eigenvalue weighted by Gasteiger charge is -2.19. The molecule has 0 unspecified atom stereocenters. The van der Waals surface area contributed by atoms with E-state index in [2.05, 4.69) is 22.2 Å². The molecule has 0 saturated heterocycles. The first-order chi connectivity index (χ1) is 16.6. The molecular weight excluding hydrogens is 463 g/mol. The number of benzene rings is 3. The minimum absolute atomic E-state index is 0.0403. The van der Waals surface area contributed by atoms with Crippen LogP contribution in [0, 0.1) is 11.6 Å². The Hall–Kier alpha value is -3.88. The predicted octanol–water partition coefficient (Wildman–Crippen LogP) is 6.60. The van der Waals surface area contributed by atoms with Gasteiger partial charge in [0.15, 0.2) is 0 Å². The van der Waals surface area contributed by atoms with Gasteiger partial charge in [-0.25, -0.2) is 8.78 Å². The van der Waals surface area contributed by atoms with E-state index < -0.39 is 23.4 Å². The third-order valence-electron chi connectivity index (χ3n) is 5.15. The fourth-order valence-corrected chi connectivity index (χ4v) is 3.46. The number of anilines is 2. The molecule has 0 fully saturated rings. The Morgan fingerprint density at radius 2 is 1.69 bits per heavy atom. The van der Waals surface area contributed by atoms with Crippen molar-refractivity contribution in [3.05, 3.63) is 101 Å². The molecule has 3 aromatic rings. The van der Waals surface area contributed by atoms with Gasteiger partial charge in [-0.1, -0.05) is 43.8 Å². The first-order valence-electron chi connectivity index (χ1n) is 10.9. The number of nitrogens with two attached hydrogens (primary N) is 1. The number of aliphatic imine (C=N–C) groups is 1. The molecule has 9 heteroatoms. The molecule has 0 heterocycles. The van der Waals surface area contributed by atoms with Crippen molar-refractivity contribution in [2.45, 2.75) is 26.1 Å². The van der Waals surface area contributed by atoms with Crippen molar-refractivity contribution in [3.8, 4) is 0 Å². The third-order valence-corrected chi connectivity index (χ3v) is 5.15. The largest absolute Gasteiger partial charge is 0.416 e. The Kier molecular flexibility index (Phi) is 8.11. The number of nitrogens with zero attached hydrogens (tertiary/aromatic N) is 1. The van der Waals surface area contributed by atoms with Crippen molar-refractivity contribution in [2.75, 3.05) is 17.6 Å². The topological polar surface area (TPSA) is 62.4 Å². The van der Waals surface area contributed by atoms with Gasteiger partial charge < -0.3 is 16.4 Å². The van der Waals surface area contributed by atoms with Crippen LogP contribution in [-0.4, -0.2) is 12.4 Å². The number of halogens is 5. The van der Waals surface area contributed by atoms with E-state index in [9.17, 15) is 22.0 Å². The minimum Gasteiger partial charge on any atom is -0.398 e. The average Bonchev–Trinajstić information content (AvgIpc) is 2.80.